The molecule has 0 aliphatic rings. The highest BCUT2D eigenvalue weighted by molar-refractivity contribution is 7.90. The van der Waals surface area contributed by atoms with Crippen molar-refractivity contribution in [3.63, 3.8) is 0 Å². The van der Waals surface area contributed by atoms with E-state index >= 15 is 0 Å². The molecule has 0 N–H and O–H groups in total. The van der Waals surface area contributed by atoms with Crippen molar-refractivity contribution < 1.29 is 18.1 Å². The van der Waals surface area contributed by atoms with E-state index in [2.05, 4.69) is 4.40 Å². The number of hydrogen-bond acceptors (Lipinski definition) is 5. The molecule has 0 amide bonds. The van der Waals surface area contributed by atoms with Crippen molar-refractivity contribution in [2.75, 3.05) is 7.11 Å². The van der Waals surface area contributed by atoms with Gasteiger partial charge < -0.3 is 4.74 Å². The Morgan fingerprint density at radius 1 is 1.14 bits per heavy atom. The van der Waals surface area contributed by atoms with E-state index in [9.17, 15) is 18.5 Å². The molecule has 0 aliphatic heterocycles. The topological polar surface area (TPSA) is 98.9 Å². The third-order valence-electron chi connectivity index (χ3n) is 2.79. The zero-order chi connectivity index (χ0) is 16.2. The van der Waals surface area contributed by atoms with E-state index in [1.165, 1.54) is 43.5 Å². The maximum absolute atomic E-state index is 12.2. The summed E-state index contributed by atoms with van der Waals surface area (Å²) in [4.78, 5) is 9.97. The number of nitrogens with zero attached hydrogens (tertiary/aromatic N) is 2. The molecule has 0 unspecified atom stereocenters. The highest BCUT2D eigenvalue weighted by Crippen LogP contribution is 2.24. The van der Waals surface area contributed by atoms with E-state index < -0.39 is 14.9 Å². The van der Waals surface area contributed by atoms with Crippen LogP contribution in [0.3, 0.4) is 0 Å². The Labute approximate surface area is 127 Å². The number of benzene rings is 2. The summed E-state index contributed by atoms with van der Waals surface area (Å²) >= 11 is 0. The van der Waals surface area contributed by atoms with E-state index in [4.69, 9.17) is 4.74 Å². The van der Waals surface area contributed by atoms with Crippen LogP contribution in [-0.2, 0) is 10.0 Å². The molecule has 2 aromatic rings. The van der Waals surface area contributed by atoms with Gasteiger partial charge in [-0.1, -0.05) is 12.1 Å². The first kappa shape index (κ1) is 15.6. The predicted octanol–water partition coefficient (Wildman–Crippen LogP) is 2.41. The minimum Gasteiger partial charge on any atom is -0.495 e. The molecule has 0 aliphatic carbocycles. The zero-order valence-electron chi connectivity index (χ0n) is 11.5. The second-order valence-corrected chi connectivity index (χ2v) is 5.81. The number of non-ortho nitro benzene ring substituents is 1. The maximum atomic E-state index is 12.2. The smallest absolute Gasteiger partial charge is 0.285 e. The molecule has 2 aromatic carbocycles. The molecule has 0 atom stereocenters. The van der Waals surface area contributed by atoms with Crippen LogP contribution in [0.25, 0.3) is 0 Å². The fourth-order valence-corrected chi connectivity index (χ4v) is 2.73. The first-order valence-electron chi connectivity index (χ1n) is 6.12. The molecule has 0 spiro atoms. The first-order chi connectivity index (χ1) is 10.4. The number of ether oxygens (including phenoxy) is 1. The lowest BCUT2D eigenvalue weighted by Gasteiger charge is -2.05. The van der Waals surface area contributed by atoms with Crippen molar-refractivity contribution in [3.8, 4) is 5.75 Å². The third-order valence-corrected chi connectivity index (χ3v) is 4.07. The molecular formula is C14H12N2O5S. The molecule has 0 aromatic heterocycles. The van der Waals surface area contributed by atoms with E-state index in [-0.39, 0.29) is 16.3 Å². The second kappa shape index (κ2) is 6.35. The fraction of sp³-hybridized carbons (Fsp3) is 0.0714. The van der Waals surface area contributed by atoms with Crippen LogP contribution in [0.5, 0.6) is 5.75 Å². The van der Waals surface area contributed by atoms with Crippen LogP contribution in [0.2, 0.25) is 0 Å². The third kappa shape index (κ3) is 3.47. The van der Waals surface area contributed by atoms with Crippen LogP contribution in [0.4, 0.5) is 5.69 Å². The summed E-state index contributed by atoms with van der Waals surface area (Å²) in [5.41, 5.74) is 0.355. The van der Waals surface area contributed by atoms with Gasteiger partial charge >= 0.3 is 0 Å². The quantitative estimate of drug-likeness (QED) is 0.478. The van der Waals surface area contributed by atoms with Gasteiger partial charge in [-0.2, -0.15) is 12.8 Å². The minimum atomic E-state index is -3.92. The Balaban J connectivity index is 2.30. The van der Waals surface area contributed by atoms with Crippen molar-refractivity contribution >= 4 is 21.9 Å². The molecule has 0 saturated carbocycles. The van der Waals surface area contributed by atoms with Crippen LogP contribution < -0.4 is 4.74 Å². The van der Waals surface area contributed by atoms with Gasteiger partial charge in [0.15, 0.2) is 0 Å². The fourth-order valence-electron chi connectivity index (χ4n) is 1.70. The number of rotatable bonds is 5. The lowest BCUT2D eigenvalue weighted by molar-refractivity contribution is -0.384. The van der Waals surface area contributed by atoms with Crippen molar-refractivity contribution in [2.45, 2.75) is 4.90 Å². The molecule has 0 heterocycles. The first-order valence-corrected chi connectivity index (χ1v) is 7.56. The number of nitro benzene ring substituents is 1. The van der Waals surface area contributed by atoms with Gasteiger partial charge in [0.05, 0.1) is 12.0 Å². The van der Waals surface area contributed by atoms with Gasteiger partial charge in [-0.3, -0.25) is 10.1 Å². The van der Waals surface area contributed by atoms with Gasteiger partial charge in [0.25, 0.3) is 15.7 Å². The Morgan fingerprint density at radius 2 is 1.77 bits per heavy atom. The van der Waals surface area contributed by atoms with Gasteiger partial charge in [-0.05, 0) is 29.8 Å². The summed E-state index contributed by atoms with van der Waals surface area (Å²) in [5, 5.41) is 10.5. The van der Waals surface area contributed by atoms with E-state index in [0.717, 1.165) is 6.21 Å². The van der Waals surface area contributed by atoms with Crippen LogP contribution in [0.15, 0.2) is 57.8 Å². The Kier molecular flexibility index (Phi) is 4.52. The second-order valence-electron chi connectivity index (χ2n) is 4.21. The van der Waals surface area contributed by atoms with Crippen LogP contribution in [0.1, 0.15) is 5.56 Å². The standard InChI is InChI=1S/C14H12N2O5S/c1-21-13-4-2-3-5-14(13)22(19,20)15-10-11-6-8-12(9-7-11)16(17)18/h2-10H,1H3/b15-10+. The highest BCUT2D eigenvalue weighted by Gasteiger charge is 2.17. The van der Waals surface area contributed by atoms with Gasteiger partial charge in [0.2, 0.25) is 0 Å². The largest absolute Gasteiger partial charge is 0.495 e. The summed E-state index contributed by atoms with van der Waals surface area (Å²) in [6.45, 7) is 0. The highest BCUT2D eigenvalue weighted by atomic mass is 32.2. The molecule has 0 radical (unpaired) electrons. The zero-order valence-corrected chi connectivity index (χ0v) is 12.4. The summed E-state index contributed by atoms with van der Waals surface area (Å²) in [5.74, 6) is 0.198. The summed E-state index contributed by atoms with van der Waals surface area (Å²) < 4.78 is 32.9. The van der Waals surface area contributed by atoms with Gasteiger partial charge in [-0.25, -0.2) is 0 Å². The molecule has 0 bridgehead atoms. The summed E-state index contributed by atoms with van der Waals surface area (Å²) in [6, 6.07) is 11.5. The molecule has 0 saturated heterocycles. The Hall–Kier alpha value is -2.74. The van der Waals surface area contributed by atoms with E-state index in [1.54, 1.807) is 12.1 Å². The minimum absolute atomic E-state index is 0.0457. The Morgan fingerprint density at radius 3 is 2.36 bits per heavy atom. The number of sulfonamides is 1. The number of hydrogen-bond donors (Lipinski definition) is 0. The molecule has 2 rings (SSSR count). The molecule has 22 heavy (non-hydrogen) atoms. The van der Waals surface area contributed by atoms with Crippen LogP contribution in [0, 0.1) is 10.1 Å². The lowest BCUT2D eigenvalue weighted by Crippen LogP contribution is -2.01. The molecular weight excluding hydrogens is 308 g/mol. The van der Waals surface area contributed by atoms with Crippen molar-refractivity contribution in [1.82, 2.24) is 0 Å². The normalized spacial score (nSPS) is 11.5. The molecule has 114 valence electrons. The summed E-state index contributed by atoms with van der Waals surface area (Å²) in [7, 11) is -2.55. The number of para-hydroxylation sites is 1. The average molecular weight is 320 g/mol. The Bertz CT molecular complexity index is 813. The van der Waals surface area contributed by atoms with Crippen molar-refractivity contribution in [2.24, 2.45) is 4.40 Å². The predicted molar refractivity (Wildman–Crippen MR) is 80.9 cm³/mol. The maximum Gasteiger partial charge on any atom is 0.285 e. The van der Waals surface area contributed by atoms with E-state index in [0.29, 0.717) is 5.56 Å². The molecule has 0 fully saturated rings. The SMILES string of the molecule is COc1ccccc1S(=O)(=O)/N=C/c1ccc([N+](=O)[O-])cc1. The number of nitro groups is 1. The summed E-state index contributed by atoms with van der Waals surface area (Å²) in [6.07, 6.45) is 1.13. The van der Waals surface area contributed by atoms with Crippen molar-refractivity contribution in [1.29, 1.82) is 0 Å². The van der Waals surface area contributed by atoms with Crippen LogP contribution >= 0.6 is 0 Å². The van der Waals surface area contributed by atoms with Crippen LogP contribution in [-0.4, -0.2) is 26.7 Å². The monoisotopic (exact) mass is 320 g/mol. The van der Waals surface area contributed by atoms with Crippen molar-refractivity contribution in [3.05, 3.63) is 64.2 Å². The lowest BCUT2D eigenvalue weighted by atomic mass is 10.2. The molecule has 8 heteroatoms. The van der Waals surface area contributed by atoms with Gasteiger partial charge in [-0.15, -0.1) is 0 Å². The van der Waals surface area contributed by atoms with E-state index in [1.807, 2.05) is 0 Å². The van der Waals surface area contributed by atoms with Gasteiger partial charge in [0.1, 0.15) is 10.6 Å². The number of methoxy groups -OCH3 is 1. The van der Waals surface area contributed by atoms with Gasteiger partial charge in [0, 0.05) is 18.3 Å². The average Bonchev–Trinajstić information content (AvgIpc) is 2.53. The molecule has 7 nitrogen and oxygen atoms in total.